The highest BCUT2D eigenvalue weighted by atomic mass is 79.9. The maximum atomic E-state index is 12.5. The van der Waals surface area contributed by atoms with Gasteiger partial charge in [0.15, 0.2) is 5.76 Å². The number of carbonyl (C=O) groups excluding carboxylic acids is 1. The highest BCUT2D eigenvalue weighted by molar-refractivity contribution is 9.10. The first-order valence-corrected chi connectivity index (χ1v) is 7.63. The van der Waals surface area contributed by atoms with E-state index in [9.17, 15) is 14.9 Å². The van der Waals surface area contributed by atoms with Gasteiger partial charge in [-0.05, 0) is 36.6 Å². The average Bonchev–Trinajstić information content (AvgIpc) is 3.19. The topological polar surface area (TPSA) is 76.6 Å². The fraction of sp³-hybridized carbons (Fsp3) is 0.267. The lowest BCUT2D eigenvalue weighted by atomic mass is 10.2. The molecule has 22 heavy (non-hydrogen) atoms. The Bertz CT molecular complexity index is 724. The van der Waals surface area contributed by atoms with Gasteiger partial charge in [-0.1, -0.05) is 28.1 Å². The molecule has 0 aliphatic heterocycles. The van der Waals surface area contributed by atoms with E-state index in [1.54, 1.807) is 4.90 Å². The number of benzene rings is 1. The first-order chi connectivity index (χ1) is 10.5. The van der Waals surface area contributed by atoms with Crippen molar-refractivity contribution >= 4 is 27.7 Å². The molecule has 1 aromatic carbocycles. The van der Waals surface area contributed by atoms with Crippen molar-refractivity contribution in [2.75, 3.05) is 0 Å². The number of halogens is 1. The minimum absolute atomic E-state index is 0.00796. The van der Waals surface area contributed by atoms with Crippen LogP contribution in [0, 0.1) is 10.1 Å². The summed E-state index contributed by atoms with van der Waals surface area (Å²) < 4.78 is 5.97. The molecule has 0 radical (unpaired) electrons. The van der Waals surface area contributed by atoms with Gasteiger partial charge < -0.3 is 9.32 Å². The molecule has 2 aromatic rings. The standard InChI is InChI=1S/C15H13BrN2O4/c16-11-3-1-2-10(8-11)9-17(12-4-5-12)15(19)13-6-7-14(22-13)18(20)21/h1-3,6-8,12H,4-5,9H2. The predicted molar refractivity (Wildman–Crippen MR) is 82.4 cm³/mol. The van der Waals surface area contributed by atoms with Crippen molar-refractivity contribution in [2.24, 2.45) is 0 Å². The summed E-state index contributed by atoms with van der Waals surface area (Å²) in [7, 11) is 0. The van der Waals surface area contributed by atoms with Crippen molar-refractivity contribution in [2.45, 2.75) is 25.4 Å². The molecule has 1 saturated carbocycles. The molecule has 0 spiro atoms. The fourth-order valence-corrected chi connectivity index (χ4v) is 2.71. The van der Waals surface area contributed by atoms with Gasteiger partial charge in [-0.15, -0.1) is 0 Å². The van der Waals surface area contributed by atoms with Crippen LogP contribution in [0.25, 0.3) is 0 Å². The number of rotatable bonds is 5. The van der Waals surface area contributed by atoms with Crippen molar-refractivity contribution in [3.63, 3.8) is 0 Å². The van der Waals surface area contributed by atoms with Crippen LogP contribution >= 0.6 is 15.9 Å². The van der Waals surface area contributed by atoms with Gasteiger partial charge in [0.25, 0.3) is 5.91 Å². The third-order valence-electron chi connectivity index (χ3n) is 3.47. The predicted octanol–water partition coefficient (Wildman–Crippen LogP) is 3.76. The zero-order valence-corrected chi connectivity index (χ0v) is 13.2. The molecule has 0 bridgehead atoms. The van der Waals surface area contributed by atoms with Gasteiger partial charge in [0.2, 0.25) is 0 Å². The van der Waals surface area contributed by atoms with Gasteiger partial charge in [-0.3, -0.25) is 14.9 Å². The van der Waals surface area contributed by atoms with E-state index < -0.39 is 10.8 Å². The van der Waals surface area contributed by atoms with Crippen molar-refractivity contribution < 1.29 is 14.1 Å². The lowest BCUT2D eigenvalue weighted by Gasteiger charge is -2.21. The Labute approximate surface area is 135 Å². The summed E-state index contributed by atoms with van der Waals surface area (Å²) in [6.07, 6.45) is 1.89. The molecule has 1 amide bonds. The van der Waals surface area contributed by atoms with Gasteiger partial charge in [-0.25, -0.2) is 0 Å². The van der Waals surface area contributed by atoms with Crippen LogP contribution in [0.15, 0.2) is 45.3 Å². The molecule has 0 N–H and O–H groups in total. The Morgan fingerprint density at radius 2 is 2.14 bits per heavy atom. The number of hydrogen-bond donors (Lipinski definition) is 0. The first-order valence-electron chi connectivity index (χ1n) is 6.84. The Hall–Kier alpha value is -2.15. The van der Waals surface area contributed by atoms with Crippen LogP contribution in [0.4, 0.5) is 5.88 Å². The molecule has 1 aromatic heterocycles. The van der Waals surface area contributed by atoms with Crippen molar-refractivity contribution in [1.29, 1.82) is 0 Å². The van der Waals surface area contributed by atoms with Crippen LogP contribution < -0.4 is 0 Å². The van der Waals surface area contributed by atoms with Gasteiger partial charge >= 0.3 is 5.88 Å². The van der Waals surface area contributed by atoms with E-state index in [1.165, 1.54) is 12.1 Å². The largest absolute Gasteiger partial charge is 0.433 e. The molecule has 0 atom stereocenters. The first kappa shape index (κ1) is 14.8. The molecule has 114 valence electrons. The molecule has 1 aliphatic carbocycles. The van der Waals surface area contributed by atoms with Crippen LogP contribution in [0.5, 0.6) is 0 Å². The van der Waals surface area contributed by atoms with Crippen LogP contribution in [0.3, 0.4) is 0 Å². The summed E-state index contributed by atoms with van der Waals surface area (Å²) >= 11 is 3.41. The number of furan rings is 1. The Morgan fingerprint density at radius 1 is 1.36 bits per heavy atom. The van der Waals surface area contributed by atoms with E-state index in [4.69, 9.17) is 4.42 Å². The van der Waals surface area contributed by atoms with E-state index in [0.29, 0.717) is 6.54 Å². The molecule has 1 heterocycles. The molecule has 3 rings (SSSR count). The maximum absolute atomic E-state index is 12.5. The SMILES string of the molecule is O=C(c1ccc([N+](=O)[O-])o1)N(Cc1cccc(Br)c1)C1CC1. The van der Waals surface area contributed by atoms with Crippen LogP contribution in [-0.2, 0) is 6.54 Å². The van der Waals surface area contributed by atoms with Crippen LogP contribution in [0.1, 0.15) is 29.0 Å². The molecular formula is C15H13BrN2O4. The number of nitrogens with zero attached hydrogens (tertiary/aromatic N) is 2. The monoisotopic (exact) mass is 364 g/mol. The quantitative estimate of drug-likeness (QED) is 0.597. The number of amides is 1. The smallest absolute Gasteiger partial charge is 0.395 e. The summed E-state index contributed by atoms with van der Waals surface area (Å²) in [6, 6.07) is 10.5. The second-order valence-corrected chi connectivity index (χ2v) is 6.10. The van der Waals surface area contributed by atoms with Crippen molar-refractivity contribution in [1.82, 2.24) is 4.90 Å². The van der Waals surface area contributed by atoms with E-state index in [2.05, 4.69) is 15.9 Å². The lowest BCUT2D eigenvalue weighted by molar-refractivity contribution is -0.402. The van der Waals surface area contributed by atoms with Crippen molar-refractivity contribution in [3.05, 3.63) is 62.3 Å². The Balaban J connectivity index is 1.81. The Morgan fingerprint density at radius 3 is 2.73 bits per heavy atom. The molecule has 6 nitrogen and oxygen atoms in total. The number of carbonyl (C=O) groups is 1. The number of nitro groups is 1. The summed E-state index contributed by atoms with van der Waals surface area (Å²) in [4.78, 5) is 24.3. The van der Waals surface area contributed by atoms with E-state index >= 15 is 0 Å². The van der Waals surface area contributed by atoms with E-state index in [-0.39, 0.29) is 17.7 Å². The summed E-state index contributed by atoms with van der Waals surface area (Å²) in [5.41, 5.74) is 0.996. The van der Waals surface area contributed by atoms with E-state index in [1.807, 2.05) is 24.3 Å². The molecular weight excluding hydrogens is 352 g/mol. The van der Waals surface area contributed by atoms with Crippen LogP contribution in [0.2, 0.25) is 0 Å². The molecule has 0 unspecified atom stereocenters. The molecule has 7 heteroatoms. The zero-order valence-electron chi connectivity index (χ0n) is 11.6. The van der Waals surface area contributed by atoms with Crippen LogP contribution in [-0.4, -0.2) is 21.8 Å². The molecule has 1 aliphatic rings. The second kappa shape index (κ2) is 5.92. The third kappa shape index (κ3) is 3.19. The maximum Gasteiger partial charge on any atom is 0.433 e. The zero-order chi connectivity index (χ0) is 15.7. The van der Waals surface area contributed by atoms with Crippen molar-refractivity contribution in [3.8, 4) is 0 Å². The lowest BCUT2D eigenvalue weighted by Crippen LogP contribution is -2.32. The second-order valence-electron chi connectivity index (χ2n) is 5.19. The number of hydrogen-bond acceptors (Lipinski definition) is 4. The van der Waals surface area contributed by atoms with Gasteiger partial charge in [0, 0.05) is 17.1 Å². The van der Waals surface area contributed by atoms with Gasteiger partial charge in [0.1, 0.15) is 4.92 Å². The van der Waals surface area contributed by atoms with E-state index in [0.717, 1.165) is 22.9 Å². The molecule has 0 saturated heterocycles. The minimum atomic E-state index is -0.646. The average molecular weight is 365 g/mol. The highest BCUT2D eigenvalue weighted by Gasteiger charge is 2.34. The van der Waals surface area contributed by atoms with Gasteiger partial charge in [-0.2, -0.15) is 0 Å². The highest BCUT2D eigenvalue weighted by Crippen LogP contribution is 2.31. The minimum Gasteiger partial charge on any atom is -0.395 e. The van der Waals surface area contributed by atoms with Gasteiger partial charge in [0.05, 0.1) is 6.07 Å². The Kier molecular flexibility index (Phi) is 3.98. The summed E-state index contributed by atoms with van der Waals surface area (Å²) in [6.45, 7) is 0.456. The molecule has 1 fully saturated rings. The normalized spacial score (nSPS) is 13.9. The third-order valence-corrected chi connectivity index (χ3v) is 3.97. The summed E-state index contributed by atoms with van der Waals surface area (Å²) in [5.74, 6) is -0.717. The summed E-state index contributed by atoms with van der Waals surface area (Å²) in [5, 5.41) is 10.7. The fourth-order valence-electron chi connectivity index (χ4n) is 2.27.